The Bertz CT molecular complexity index is 1540. The monoisotopic (exact) mass is 589 g/mol. The Hall–Kier alpha value is -3.06. The molecule has 6 rings (SSSR count). The number of halogens is 2. The number of benzene rings is 2. The summed E-state index contributed by atoms with van der Waals surface area (Å²) < 4.78 is 2.22. The molecule has 4 aromatic rings. The third-order valence-corrected chi connectivity index (χ3v) is 9.25. The molecule has 2 fully saturated rings. The summed E-state index contributed by atoms with van der Waals surface area (Å²) in [4.78, 5) is 9.32. The first-order valence-corrected chi connectivity index (χ1v) is 15.0. The minimum Gasteiger partial charge on any atom is -0.370 e. The summed E-state index contributed by atoms with van der Waals surface area (Å²) in [6.45, 7) is 8.65. The van der Waals surface area contributed by atoms with Crippen molar-refractivity contribution in [1.82, 2.24) is 14.9 Å². The Labute approximate surface area is 251 Å². The number of hydrogen-bond donors (Lipinski definition) is 1. The van der Waals surface area contributed by atoms with E-state index in [-0.39, 0.29) is 12.1 Å². The fraction of sp³-hybridized carbons (Fsp3) is 0.312. The Kier molecular flexibility index (Phi) is 7.51. The van der Waals surface area contributed by atoms with Crippen molar-refractivity contribution in [1.29, 1.82) is 0 Å². The van der Waals surface area contributed by atoms with E-state index >= 15 is 0 Å². The summed E-state index contributed by atoms with van der Waals surface area (Å²) in [5, 5.41) is 5.69. The number of nitrogens with one attached hydrogen (secondary N) is 1. The molecule has 1 N–H and O–H groups in total. The summed E-state index contributed by atoms with van der Waals surface area (Å²) in [6.07, 6.45) is 4.21. The molecule has 40 heavy (non-hydrogen) atoms. The number of nitrogens with zero attached hydrogens (tertiary/aromatic N) is 4. The van der Waals surface area contributed by atoms with Crippen LogP contribution >= 0.6 is 35.4 Å². The van der Waals surface area contributed by atoms with Crippen molar-refractivity contribution in [2.45, 2.75) is 45.7 Å². The minimum atomic E-state index is -0.143. The summed E-state index contributed by atoms with van der Waals surface area (Å²) in [6, 6.07) is 22.3. The number of thiocarbonyl (C=S) groups is 1. The molecule has 2 saturated heterocycles. The van der Waals surface area contributed by atoms with E-state index in [1.807, 2.05) is 36.5 Å². The molecule has 0 radical (unpaired) electrons. The lowest BCUT2D eigenvalue weighted by molar-refractivity contribution is 0.438. The fourth-order valence-corrected chi connectivity index (χ4v) is 7.05. The molecular formula is C32H33Cl2N5S. The van der Waals surface area contributed by atoms with Crippen LogP contribution in [0.5, 0.6) is 0 Å². The van der Waals surface area contributed by atoms with Crippen LogP contribution in [0.15, 0.2) is 72.9 Å². The first kappa shape index (κ1) is 27.1. The van der Waals surface area contributed by atoms with Gasteiger partial charge in [0, 0.05) is 36.4 Å². The highest BCUT2D eigenvalue weighted by molar-refractivity contribution is 7.80. The largest absolute Gasteiger partial charge is 0.370 e. The molecule has 2 aliphatic heterocycles. The molecule has 0 saturated carbocycles. The van der Waals surface area contributed by atoms with Gasteiger partial charge in [0.15, 0.2) is 5.11 Å². The molecule has 0 unspecified atom stereocenters. The zero-order chi connectivity index (χ0) is 28.0. The summed E-state index contributed by atoms with van der Waals surface area (Å²) in [5.41, 5.74) is 7.32. The minimum absolute atomic E-state index is 0.136. The van der Waals surface area contributed by atoms with Gasteiger partial charge in [-0.3, -0.25) is 4.98 Å². The Morgan fingerprint density at radius 1 is 0.900 bits per heavy atom. The van der Waals surface area contributed by atoms with E-state index in [1.165, 1.54) is 12.8 Å². The molecule has 0 spiro atoms. The van der Waals surface area contributed by atoms with Crippen molar-refractivity contribution in [3.63, 3.8) is 0 Å². The highest BCUT2D eigenvalue weighted by Gasteiger charge is 2.42. The second-order valence-corrected chi connectivity index (χ2v) is 12.1. The highest BCUT2D eigenvalue weighted by Crippen LogP contribution is 2.45. The van der Waals surface area contributed by atoms with E-state index in [1.54, 1.807) is 0 Å². The van der Waals surface area contributed by atoms with E-state index in [4.69, 9.17) is 40.4 Å². The van der Waals surface area contributed by atoms with Gasteiger partial charge >= 0.3 is 0 Å². The Morgan fingerprint density at radius 2 is 1.65 bits per heavy atom. The van der Waals surface area contributed by atoms with Gasteiger partial charge in [0.1, 0.15) is 0 Å². The molecule has 4 heterocycles. The predicted molar refractivity (Wildman–Crippen MR) is 170 cm³/mol. The molecule has 8 heteroatoms. The molecule has 0 bridgehead atoms. The van der Waals surface area contributed by atoms with Crippen molar-refractivity contribution < 1.29 is 0 Å². The van der Waals surface area contributed by atoms with Gasteiger partial charge in [0.25, 0.3) is 0 Å². The molecule has 5 nitrogen and oxygen atoms in total. The average molecular weight is 591 g/mol. The molecule has 2 atom stereocenters. The second kappa shape index (κ2) is 11.1. The molecule has 2 aliphatic rings. The SMILES string of the molecule is Cc1cc([C@@H]2[C@@H](c3ccccn3)NC(=S)N2c2ccc(N3CCC(C)CC3)c(Cl)c2)c(C)n1-c1ccccc1Cl. The quantitative estimate of drug-likeness (QED) is 0.237. The molecular weight excluding hydrogens is 557 g/mol. The van der Waals surface area contributed by atoms with E-state index < -0.39 is 0 Å². The van der Waals surface area contributed by atoms with Gasteiger partial charge in [-0.2, -0.15) is 0 Å². The Morgan fingerprint density at radius 3 is 2.35 bits per heavy atom. The summed E-state index contributed by atoms with van der Waals surface area (Å²) >= 11 is 19.6. The topological polar surface area (TPSA) is 36.3 Å². The van der Waals surface area contributed by atoms with Crippen molar-refractivity contribution in [2.24, 2.45) is 5.92 Å². The van der Waals surface area contributed by atoms with Gasteiger partial charge < -0.3 is 19.7 Å². The molecule has 2 aromatic carbocycles. The van der Waals surface area contributed by atoms with Crippen LogP contribution in [0.2, 0.25) is 10.0 Å². The highest BCUT2D eigenvalue weighted by atomic mass is 35.5. The lowest BCUT2D eigenvalue weighted by atomic mass is 9.96. The van der Waals surface area contributed by atoms with Crippen LogP contribution in [0.4, 0.5) is 11.4 Å². The van der Waals surface area contributed by atoms with E-state index in [0.29, 0.717) is 10.1 Å². The lowest BCUT2D eigenvalue weighted by Gasteiger charge is -2.33. The molecule has 0 amide bonds. The van der Waals surface area contributed by atoms with Crippen LogP contribution in [0, 0.1) is 19.8 Å². The van der Waals surface area contributed by atoms with Gasteiger partial charge in [-0.05, 0) is 98.9 Å². The number of piperidine rings is 1. The normalized spacial score (nSPS) is 19.8. The van der Waals surface area contributed by atoms with Crippen LogP contribution in [-0.2, 0) is 0 Å². The zero-order valence-electron chi connectivity index (χ0n) is 22.9. The van der Waals surface area contributed by atoms with Crippen LogP contribution in [-0.4, -0.2) is 27.8 Å². The molecule has 0 aliphatic carbocycles. The summed E-state index contributed by atoms with van der Waals surface area (Å²) in [7, 11) is 0. The number of pyridine rings is 1. The van der Waals surface area contributed by atoms with Crippen LogP contribution < -0.4 is 15.1 Å². The van der Waals surface area contributed by atoms with Crippen LogP contribution in [0.1, 0.15) is 54.5 Å². The number of rotatable bonds is 5. The van der Waals surface area contributed by atoms with Crippen molar-refractivity contribution >= 4 is 51.9 Å². The number of aromatic nitrogens is 2. The van der Waals surface area contributed by atoms with Crippen molar-refractivity contribution in [2.75, 3.05) is 22.9 Å². The van der Waals surface area contributed by atoms with Crippen LogP contribution in [0.25, 0.3) is 5.69 Å². The van der Waals surface area contributed by atoms with Crippen LogP contribution in [0.3, 0.4) is 0 Å². The maximum absolute atomic E-state index is 6.97. The zero-order valence-corrected chi connectivity index (χ0v) is 25.3. The lowest BCUT2D eigenvalue weighted by Crippen LogP contribution is -2.33. The van der Waals surface area contributed by atoms with Gasteiger partial charge in [-0.1, -0.05) is 48.3 Å². The number of anilines is 2. The van der Waals surface area contributed by atoms with Gasteiger partial charge in [0.2, 0.25) is 0 Å². The van der Waals surface area contributed by atoms with Crippen molar-refractivity contribution in [3.05, 3.63) is 106 Å². The second-order valence-electron chi connectivity index (χ2n) is 10.9. The van der Waals surface area contributed by atoms with Crippen molar-refractivity contribution in [3.8, 4) is 5.69 Å². The number of para-hydroxylation sites is 1. The Balaban J connectivity index is 1.45. The number of aryl methyl sites for hydroxylation is 1. The van der Waals surface area contributed by atoms with E-state index in [0.717, 1.165) is 63.7 Å². The standard InChI is InChI=1S/C32H33Cl2N5S/c1-20-13-16-37(17-14-20)28-12-11-23(19-26(28)34)39-31(30(36-32(39)40)27-9-6-7-15-35-27)24-18-21(2)38(22(24)3)29-10-5-4-8-25(29)33/h4-12,15,18-20,30-31H,13-14,16-17H2,1-3H3,(H,36,40)/t30-,31-/m1/s1. The third kappa shape index (κ3) is 4.87. The summed E-state index contributed by atoms with van der Waals surface area (Å²) in [5.74, 6) is 0.761. The van der Waals surface area contributed by atoms with E-state index in [9.17, 15) is 0 Å². The molecule has 206 valence electrons. The smallest absolute Gasteiger partial charge is 0.174 e. The first-order chi connectivity index (χ1) is 19.3. The first-order valence-electron chi connectivity index (χ1n) is 13.8. The maximum atomic E-state index is 6.97. The number of hydrogen-bond acceptors (Lipinski definition) is 3. The third-order valence-electron chi connectivity index (χ3n) is 8.31. The van der Waals surface area contributed by atoms with Gasteiger partial charge in [-0.25, -0.2) is 0 Å². The van der Waals surface area contributed by atoms with E-state index in [2.05, 4.69) is 76.9 Å². The predicted octanol–water partition coefficient (Wildman–Crippen LogP) is 8.21. The van der Waals surface area contributed by atoms with Gasteiger partial charge in [0.05, 0.1) is 39.2 Å². The van der Waals surface area contributed by atoms with Gasteiger partial charge in [-0.15, -0.1) is 0 Å². The molecule has 2 aromatic heterocycles. The fourth-order valence-electron chi connectivity index (χ4n) is 6.19. The maximum Gasteiger partial charge on any atom is 0.174 e. The average Bonchev–Trinajstić information content (AvgIpc) is 3.45.